The smallest absolute Gasteiger partial charge is 0.141 e. The number of nitrogens with one attached hydrogen (secondary N) is 1. The van der Waals surface area contributed by atoms with E-state index in [4.69, 9.17) is 10.7 Å². The number of nitrogens with two attached hydrogens (primary N) is 1. The van der Waals surface area contributed by atoms with Gasteiger partial charge in [-0.3, -0.25) is 0 Å². The third kappa shape index (κ3) is 2.03. The lowest BCUT2D eigenvalue weighted by molar-refractivity contribution is 0.504. The summed E-state index contributed by atoms with van der Waals surface area (Å²) in [5.74, 6) is 1.76. The topological polar surface area (TPSA) is 83.7 Å². The minimum Gasteiger partial charge on any atom is -0.354 e. The van der Waals surface area contributed by atoms with Gasteiger partial charge in [0.05, 0.1) is 17.1 Å². The second-order valence-corrected chi connectivity index (χ2v) is 5.70. The fourth-order valence-electron chi connectivity index (χ4n) is 3.16. The highest BCUT2D eigenvalue weighted by atomic mass is 15.2. The van der Waals surface area contributed by atoms with Crippen molar-refractivity contribution < 1.29 is 0 Å². The fourth-order valence-corrected chi connectivity index (χ4v) is 3.16. The molecule has 4 rings (SSSR count). The first-order chi connectivity index (χ1) is 10.2. The number of aryl methyl sites for hydroxylation is 1. The van der Waals surface area contributed by atoms with Crippen LogP contribution in [-0.2, 0) is 0 Å². The van der Waals surface area contributed by atoms with Gasteiger partial charge in [-0.1, -0.05) is 0 Å². The Kier molecular flexibility index (Phi) is 2.78. The van der Waals surface area contributed by atoms with Gasteiger partial charge in [0.1, 0.15) is 17.3 Å². The average molecular weight is 282 g/mol. The number of hydrogen-bond donors (Lipinski definition) is 2. The van der Waals surface area contributed by atoms with Crippen LogP contribution in [0.4, 0.5) is 5.82 Å². The summed E-state index contributed by atoms with van der Waals surface area (Å²) in [6.45, 7) is 3.77. The van der Waals surface area contributed by atoms with E-state index in [1.165, 1.54) is 0 Å². The molecule has 4 heterocycles. The van der Waals surface area contributed by atoms with Crippen molar-refractivity contribution >= 4 is 27.8 Å². The Morgan fingerprint density at radius 1 is 1.38 bits per heavy atom. The normalized spacial score (nSPS) is 19.5. The van der Waals surface area contributed by atoms with E-state index in [2.05, 4.69) is 19.9 Å². The Morgan fingerprint density at radius 2 is 2.29 bits per heavy atom. The highest BCUT2D eigenvalue weighted by Crippen LogP contribution is 2.31. The SMILES string of the molecule is Cc1nc(N2CCCC(N)C2)c2c(cnc3[nH]ccc32)n1. The minimum atomic E-state index is 0.215. The molecule has 0 radical (unpaired) electrons. The summed E-state index contributed by atoms with van der Waals surface area (Å²) >= 11 is 0. The number of hydrogen-bond acceptors (Lipinski definition) is 5. The van der Waals surface area contributed by atoms with Gasteiger partial charge < -0.3 is 15.6 Å². The first-order valence-electron chi connectivity index (χ1n) is 7.33. The second kappa shape index (κ2) is 4.66. The molecule has 0 amide bonds. The summed E-state index contributed by atoms with van der Waals surface area (Å²) < 4.78 is 0. The Labute approximate surface area is 122 Å². The van der Waals surface area contributed by atoms with Crippen LogP contribution < -0.4 is 10.6 Å². The summed E-state index contributed by atoms with van der Waals surface area (Å²) in [5, 5.41) is 2.14. The lowest BCUT2D eigenvalue weighted by Gasteiger charge is -2.32. The molecule has 6 nitrogen and oxygen atoms in total. The molecule has 1 aliphatic rings. The van der Waals surface area contributed by atoms with Crippen molar-refractivity contribution in [2.75, 3.05) is 18.0 Å². The molecule has 0 bridgehead atoms. The van der Waals surface area contributed by atoms with Crippen LogP contribution in [0.5, 0.6) is 0 Å². The summed E-state index contributed by atoms with van der Waals surface area (Å²) in [5.41, 5.74) is 7.90. The third-order valence-corrected chi connectivity index (χ3v) is 4.10. The predicted octanol–water partition coefficient (Wildman–Crippen LogP) is 1.74. The van der Waals surface area contributed by atoms with Crippen LogP contribution in [0.1, 0.15) is 18.7 Å². The summed E-state index contributed by atoms with van der Waals surface area (Å²) in [4.78, 5) is 19.1. The van der Waals surface area contributed by atoms with Crippen molar-refractivity contribution in [2.24, 2.45) is 5.73 Å². The van der Waals surface area contributed by atoms with E-state index < -0.39 is 0 Å². The molecule has 0 saturated carbocycles. The van der Waals surface area contributed by atoms with Gasteiger partial charge in [-0.05, 0) is 25.8 Å². The molecule has 0 spiro atoms. The number of aromatic nitrogens is 4. The minimum absolute atomic E-state index is 0.215. The van der Waals surface area contributed by atoms with E-state index >= 15 is 0 Å². The van der Waals surface area contributed by atoms with E-state index in [-0.39, 0.29) is 6.04 Å². The Bertz CT molecular complexity index is 808. The number of rotatable bonds is 1. The van der Waals surface area contributed by atoms with Gasteiger partial charge in [-0.25, -0.2) is 15.0 Å². The van der Waals surface area contributed by atoms with Crippen LogP contribution in [0.2, 0.25) is 0 Å². The van der Waals surface area contributed by atoms with Gasteiger partial charge in [0.15, 0.2) is 0 Å². The molecule has 3 N–H and O–H groups in total. The molecule has 1 unspecified atom stereocenters. The highest BCUT2D eigenvalue weighted by molar-refractivity contribution is 6.09. The molecule has 1 saturated heterocycles. The van der Waals surface area contributed by atoms with Crippen LogP contribution in [0.3, 0.4) is 0 Å². The van der Waals surface area contributed by atoms with Gasteiger partial charge in [-0.15, -0.1) is 0 Å². The van der Waals surface area contributed by atoms with Crippen molar-refractivity contribution in [3.8, 4) is 0 Å². The predicted molar refractivity (Wildman–Crippen MR) is 83.3 cm³/mol. The molecule has 0 aliphatic carbocycles. The highest BCUT2D eigenvalue weighted by Gasteiger charge is 2.22. The first-order valence-corrected chi connectivity index (χ1v) is 7.33. The fraction of sp³-hybridized carbons (Fsp3) is 0.400. The monoisotopic (exact) mass is 282 g/mol. The lowest BCUT2D eigenvalue weighted by Crippen LogP contribution is -2.43. The van der Waals surface area contributed by atoms with Gasteiger partial charge >= 0.3 is 0 Å². The molecule has 108 valence electrons. The quantitative estimate of drug-likeness (QED) is 0.710. The molecule has 3 aromatic rings. The van der Waals surface area contributed by atoms with Crippen molar-refractivity contribution in [1.82, 2.24) is 19.9 Å². The van der Waals surface area contributed by atoms with Crippen LogP contribution in [0.15, 0.2) is 18.5 Å². The van der Waals surface area contributed by atoms with Crippen molar-refractivity contribution in [3.63, 3.8) is 0 Å². The van der Waals surface area contributed by atoms with Crippen LogP contribution in [0.25, 0.3) is 21.9 Å². The summed E-state index contributed by atoms with van der Waals surface area (Å²) in [6, 6.07) is 2.25. The molecule has 21 heavy (non-hydrogen) atoms. The van der Waals surface area contributed by atoms with Gasteiger partial charge in [0.2, 0.25) is 0 Å². The molecular formula is C15H18N6. The molecule has 1 fully saturated rings. The maximum Gasteiger partial charge on any atom is 0.141 e. The largest absolute Gasteiger partial charge is 0.354 e. The lowest BCUT2D eigenvalue weighted by atomic mass is 10.1. The van der Waals surface area contributed by atoms with E-state index in [9.17, 15) is 0 Å². The number of fused-ring (bicyclic) bond motifs is 3. The molecule has 6 heteroatoms. The van der Waals surface area contributed by atoms with Crippen LogP contribution in [-0.4, -0.2) is 39.1 Å². The zero-order valence-electron chi connectivity index (χ0n) is 12.0. The van der Waals surface area contributed by atoms with Gasteiger partial charge in [-0.2, -0.15) is 0 Å². The van der Waals surface area contributed by atoms with Crippen LogP contribution >= 0.6 is 0 Å². The maximum atomic E-state index is 6.13. The van der Waals surface area contributed by atoms with Crippen LogP contribution in [0, 0.1) is 6.92 Å². The van der Waals surface area contributed by atoms with Crippen molar-refractivity contribution in [2.45, 2.75) is 25.8 Å². The van der Waals surface area contributed by atoms with Gasteiger partial charge in [0, 0.05) is 30.7 Å². The van der Waals surface area contributed by atoms with E-state index in [1.807, 2.05) is 25.4 Å². The molecule has 1 atom stereocenters. The summed E-state index contributed by atoms with van der Waals surface area (Å²) in [7, 11) is 0. The second-order valence-electron chi connectivity index (χ2n) is 5.70. The average Bonchev–Trinajstić information content (AvgIpc) is 2.94. The molecule has 3 aromatic heterocycles. The molecular weight excluding hydrogens is 264 g/mol. The zero-order chi connectivity index (χ0) is 14.4. The van der Waals surface area contributed by atoms with E-state index in [0.29, 0.717) is 0 Å². The Morgan fingerprint density at radius 3 is 3.14 bits per heavy atom. The standard InChI is InChI=1S/C15H18N6/c1-9-19-12-7-18-14-11(4-5-17-14)13(12)15(20-9)21-6-2-3-10(16)8-21/h4-5,7,10H,2-3,6,8,16H2,1H3,(H,17,18). The number of nitrogens with zero attached hydrogens (tertiary/aromatic N) is 4. The number of pyridine rings is 1. The van der Waals surface area contributed by atoms with Crippen molar-refractivity contribution in [3.05, 3.63) is 24.3 Å². The third-order valence-electron chi connectivity index (χ3n) is 4.10. The van der Waals surface area contributed by atoms with E-state index in [0.717, 1.165) is 59.5 Å². The zero-order valence-corrected chi connectivity index (χ0v) is 12.0. The van der Waals surface area contributed by atoms with E-state index in [1.54, 1.807) is 0 Å². The summed E-state index contributed by atoms with van der Waals surface area (Å²) in [6.07, 6.45) is 5.91. The number of piperidine rings is 1. The number of H-pyrrole nitrogens is 1. The number of aromatic amines is 1. The molecule has 0 aromatic carbocycles. The Hall–Kier alpha value is -2.21. The van der Waals surface area contributed by atoms with Gasteiger partial charge in [0.25, 0.3) is 0 Å². The molecule has 1 aliphatic heterocycles. The Balaban J connectivity index is 1.99. The number of anilines is 1. The maximum absolute atomic E-state index is 6.13. The van der Waals surface area contributed by atoms with Crippen molar-refractivity contribution in [1.29, 1.82) is 0 Å². The first kappa shape index (κ1) is 12.5.